The van der Waals surface area contributed by atoms with Crippen LogP contribution in [0, 0.1) is 15.9 Å². The molecule has 1 rings (SSSR count). The summed E-state index contributed by atoms with van der Waals surface area (Å²) in [6.45, 7) is 0. The maximum absolute atomic E-state index is 12.7. The van der Waals surface area contributed by atoms with Gasteiger partial charge in [0.2, 0.25) is 5.82 Å². The van der Waals surface area contributed by atoms with Crippen LogP contribution in [0.4, 0.5) is 18.9 Å². The van der Waals surface area contributed by atoms with Gasteiger partial charge in [0.25, 0.3) is 0 Å². The maximum atomic E-state index is 12.7. The summed E-state index contributed by atoms with van der Waals surface area (Å²) < 4.78 is 40.8. The Morgan fingerprint density at radius 3 is 2.53 bits per heavy atom. The van der Waals surface area contributed by atoms with Gasteiger partial charge in [0.15, 0.2) is 0 Å². The Morgan fingerprint density at radius 2 is 2.07 bits per heavy atom. The van der Waals surface area contributed by atoms with Gasteiger partial charge in [-0.1, -0.05) is 0 Å². The van der Waals surface area contributed by atoms with Crippen LogP contribution in [0.2, 0.25) is 0 Å². The number of hydrogen-bond donors (Lipinski definition) is 0. The quantitative estimate of drug-likeness (QED) is 0.464. The van der Waals surface area contributed by atoms with Crippen molar-refractivity contribution in [3.8, 4) is 5.75 Å². The molecule has 0 amide bonds. The Kier molecular flexibility index (Phi) is 3.04. The summed E-state index contributed by atoms with van der Waals surface area (Å²) in [7, 11) is 0. The predicted molar refractivity (Wildman–Crippen MR) is 44.5 cm³/mol. The van der Waals surface area contributed by atoms with Gasteiger partial charge < -0.3 is 4.74 Å². The van der Waals surface area contributed by atoms with Crippen molar-refractivity contribution in [1.29, 1.82) is 0 Å². The van der Waals surface area contributed by atoms with Gasteiger partial charge in [-0.25, -0.2) is 0 Å². The Bertz CT molecular complexity index is 394. The summed E-state index contributed by atoms with van der Waals surface area (Å²) in [6, 6.07) is 1.96. The minimum atomic E-state index is -3.99. The lowest BCUT2D eigenvalue weighted by Crippen LogP contribution is -2.15. The number of nitro groups is 1. The zero-order chi connectivity index (χ0) is 11.6. The zero-order valence-electron chi connectivity index (χ0n) is 6.92. The van der Waals surface area contributed by atoms with Gasteiger partial charge in [0.1, 0.15) is 5.75 Å². The first-order valence-electron chi connectivity index (χ1n) is 3.49. The highest BCUT2D eigenvalue weighted by Gasteiger charge is 2.28. The summed E-state index contributed by atoms with van der Waals surface area (Å²) in [5.41, 5.74) is -4.96. The third kappa shape index (κ3) is 3.28. The Morgan fingerprint density at radius 1 is 1.47 bits per heavy atom. The molecule has 0 aromatic heterocycles. The molecule has 0 bridgehead atoms. The fourth-order valence-electron chi connectivity index (χ4n) is 0.830. The van der Waals surface area contributed by atoms with Crippen LogP contribution in [0.3, 0.4) is 0 Å². The molecule has 0 aliphatic carbocycles. The summed E-state index contributed by atoms with van der Waals surface area (Å²) >= 11 is 4.42. The van der Waals surface area contributed by atoms with Crippen molar-refractivity contribution >= 4 is 17.3 Å². The van der Waals surface area contributed by atoms with E-state index in [9.17, 15) is 23.3 Å². The molecule has 0 fully saturated rings. The second kappa shape index (κ2) is 3.93. The van der Waals surface area contributed by atoms with Crippen molar-refractivity contribution in [2.24, 2.45) is 0 Å². The standard InChI is InChI=1S/C7H3ClF3NO3/c8-7(10,11)15-4-1-2-5(9)6(3-4)12(13)14/h1-3H. The van der Waals surface area contributed by atoms with Crippen molar-refractivity contribution in [2.75, 3.05) is 0 Å². The molecule has 0 saturated carbocycles. The summed E-state index contributed by atoms with van der Waals surface area (Å²) in [5, 5.41) is 10.2. The average Bonchev–Trinajstić information content (AvgIpc) is 2.05. The fraction of sp³-hybridized carbons (Fsp3) is 0.143. The highest BCUT2D eigenvalue weighted by atomic mass is 35.5. The Hall–Kier alpha value is -1.50. The number of rotatable bonds is 3. The van der Waals surface area contributed by atoms with Crippen molar-refractivity contribution in [3.05, 3.63) is 34.1 Å². The smallest absolute Gasteiger partial charge is 0.420 e. The van der Waals surface area contributed by atoms with Crippen molar-refractivity contribution in [3.63, 3.8) is 0 Å². The highest BCUT2D eigenvalue weighted by molar-refractivity contribution is 6.20. The third-order valence-electron chi connectivity index (χ3n) is 1.35. The summed E-state index contributed by atoms with van der Waals surface area (Å²) in [4.78, 5) is 9.17. The largest absolute Gasteiger partial charge is 0.487 e. The molecule has 4 nitrogen and oxygen atoms in total. The molecule has 15 heavy (non-hydrogen) atoms. The lowest BCUT2D eigenvalue weighted by molar-refractivity contribution is -0.387. The maximum Gasteiger partial charge on any atom is 0.487 e. The van der Waals surface area contributed by atoms with Crippen molar-refractivity contribution in [2.45, 2.75) is 5.57 Å². The average molecular weight is 242 g/mol. The number of halogens is 4. The molecule has 0 saturated heterocycles. The van der Waals surface area contributed by atoms with Crippen LogP contribution in [0.25, 0.3) is 0 Å². The highest BCUT2D eigenvalue weighted by Crippen LogP contribution is 2.29. The first-order valence-corrected chi connectivity index (χ1v) is 3.87. The van der Waals surface area contributed by atoms with E-state index in [0.29, 0.717) is 12.1 Å². The molecule has 1 aromatic rings. The van der Waals surface area contributed by atoms with E-state index in [0.717, 1.165) is 6.07 Å². The van der Waals surface area contributed by atoms with Gasteiger partial charge in [-0.2, -0.15) is 4.39 Å². The monoisotopic (exact) mass is 241 g/mol. The molecule has 0 aliphatic heterocycles. The minimum Gasteiger partial charge on any atom is -0.420 e. The number of hydrogen-bond acceptors (Lipinski definition) is 3. The summed E-state index contributed by atoms with van der Waals surface area (Å²) in [6.07, 6.45) is 0. The van der Waals surface area contributed by atoms with Crippen LogP contribution in [-0.4, -0.2) is 10.5 Å². The van der Waals surface area contributed by atoms with Gasteiger partial charge in [-0.05, 0) is 12.1 Å². The van der Waals surface area contributed by atoms with Crippen LogP contribution in [0.15, 0.2) is 18.2 Å². The molecule has 1 aromatic carbocycles. The van der Waals surface area contributed by atoms with Gasteiger partial charge in [-0.3, -0.25) is 10.1 Å². The van der Waals surface area contributed by atoms with Crippen LogP contribution in [0.1, 0.15) is 0 Å². The summed E-state index contributed by atoms with van der Waals surface area (Å²) in [5.74, 6) is -1.74. The van der Waals surface area contributed by atoms with Gasteiger partial charge in [0, 0.05) is 11.6 Å². The van der Waals surface area contributed by atoms with Crippen LogP contribution in [0.5, 0.6) is 5.75 Å². The lowest BCUT2D eigenvalue weighted by atomic mass is 10.3. The molecule has 82 valence electrons. The van der Waals surface area contributed by atoms with E-state index in [1.54, 1.807) is 0 Å². The van der Waals surface area contributed by atoms with Gasteiger partial charge >= 0.3 is 11.3 Å². The molecule has 0 spiro atoms. The van der Waals surface area contributed by atoms with E-state index < -0.39 is 27.7 Å². The Labute approximate surface area is 86.4 Å². The van der Waals surface area contributed by atoms with E-state index in [2.05, 4.69) is 16.3 Å². The molecule has 0 aliphatic rings. The molecule has 0 radical (unpaired) electrons. The number of nitro benzene ring substituents is 1. The molecule has 0 unspecified atom stereocenters. The van der Waals surface area contributed by atoms with Crippen molar-refractivity contribution in [1.82, 2.24) is 0 Å². The van der Waals surface area contributed by atoms with Crippen LogP contribution < -0.4 is 4.74 Å². The second-order valence-corrected chi connectivity index (χ2v) is 2.86. The first kappa shape index (κ1) is 11.6. The van der Waals surface area contributed by atoms with E-state index in [-0.39, 0.29) is 0 Å². The van der Waals surface area contributed by atoms with Gasteiger partial charge in [0.05, 0.1) is 11.0 Å². The fourth-order valence-corrected chi connectivity index (χ4v) is 0.919. The number of nitrogens with zero attached hydrogens (tertiary/aromatic N) is 1. The SMILES string of the molecule is O=[N+]([O-])c1cc(OC(F)(F)Cl)ccc1F. The lowest BCUT2D eigenvalue weighted by Gasteiger charge is -2.09. The van der Waals surface area contributed by atoms with Crippen molar-refractivity contribution < 1.29 is 22.8 Å². The first-order chi connectivity index (χ1) is 6.79. The number of benzene rings is 1. The molecule has 0 atom stereocenters. The molecule has 0 heterocycles. The second-order valence-electron chi connectivity index (χ2n) is 2.42. The molecular formula is C7H3ClF3NO3. The van der Waals surface area contributed by atoms with E-state index in [1.807, 2.05) is 0 Å². The van der Waals surface area contributed by atoms with E-state index in [4.69, 9.17) is 0 Å². The van der Waals surface area contributed by atoms with E-state index >= 15 is 0 Å². The minimum absolute atomic E-state index is 0.519. The van der Waals surface area contributed by atoms with E-state index in [1.165, 1.54) is 0 Å². The van der Waals surface area contributed by atoms with Crippen LogP contribution in [-0.2, 0) is 0 Å². The number of ether oxygens (including phenoxy) is 1. The normalized spacial score (nSPS) is 11.2. The molecular weight excluding hydrogens is 239 g/mol. The van der Waals surface area contributed by atoms with Gasteiger partial charge in [-0.15, -0.1) is 8.78 Å². The molecule has 8 heteroatoms. The predicted octanol–water partition coefficient (Wildman–Crippen LogP) is 2.90. The third-order valence-corrected chi connectivity index (χ3v) is 1.43. The number of alkyl halides is 3. The van der Waals surface area contributed by atoms with Crippen LogP contribution >= 0.6 is 11.6 Å². The zero-order valence-corrected chi connectivity index (χ0v) is 7.67. The Balaban J connectivity index is 3.03. The molecule has 0 N–H and O–H groups in total. The topological polar surface area (TPSA) is 52.4 Å².